The lowest BCUT2D eigenvalue weighted by Crippen LogP contribution is -2.39. The average molecular weight is 332 g/mol. The van der Waals surface area contributed by atoms with Crippen molar-refractivity contribution in [3.05, 3.63) is 35.5 Å². The van der Waals surface area contributed by atoms with Gasteiger partial charge in [0.2, 0.25) is 0 Å². The minimum atomic E-state index is -0.783. The van der Waals surface area contributed by atoms with E-state index in [1.165, 1.54) is 0 Å². The molecule has 0 radical (unpaired) electrons. The van der Waals surface area contributed by atoms with Gasteiger partial charge in [0.15, 0.2) is 11.5 Å². The summed E-state index contributed by atoms with van der Waals surface area (Å²) in [5.41, 5.74) is 1.33. The number of carbonyl (C=O) groups is 2. The van der Waals surface area contributed by atoms with Gasteiger partial charge in [-0.3, -0.25) is 14.3 Å². The number of carboxylic acids is 1. The topological polar surface area (TPSA) is 101 Å². The molecule has 1 amide bonds. The molecule has 2 aromatic rings. The molecule has 0 unspecified atom stereocenters. The van der Waals surface area contributed by atoms with Gasteiger partial charge >= 0.3 is 5.97 Å². The molecular weight excluding hydrogens is 312 g/mol. The van der Waals surface area contributed by atoms with Gasteiger partial charge in [0.1, 0.15) is 6.54 Å². The first kappa shape index (κ1) is 16.2. The zero-order valence-corrected chi connectivity index (χ0v) is 13.5. The fourth-order valence-corrected chi connectivity index (χ4v) is 2.95. The zero-order valence-electron chi connectivity index (χ0n) is 13.5. The Bertz CT molecular complexity index is 728. The van der Waals surface area contributed by atoms with Crippen molar-refractivity contribution in [2.75, 3.05) is 13.1 Å². The molecule has 1 aliphatic rings. The van der Waals surface area contributed by atoms with E-state index in [-0.39, 0.29) is 23.9 Å². The predicted molar refractivity (Wildman–Crippen MR) is 83.4 cm³/mol. The van der Waals surface area contributed by atoms with E-state index in [2.05, 4.69) is 10.3 Å². The Balaban J connectivity index is 1.57. The number of hydrogen-bond donors (Lipinski definition) is 1. The van der Waals surface area contributed by atoms with Crippen LogP contribution >= 0.6 is 0 Å². The monoisotopic (exact) mass is 332 g/mol. The summed E-state index contributed by atoms with van der Waals surface area (Å²) in [5.74, 6) is -0.241. The summed E-state index contributed by atoms with van der Waals surface area (Å²) in [5, 5.41) is 16.9. The van der Waals surface area contributed by atoms with Gasteiger partial charge in [-0.05, 0) is 31.2 Å². The minimum Gasteiger partial charge on any atom is -0.481 e. The number of hydrogen-bond acceptors (Lipinski definition) is 5. The molecule has 24 heavy (non-hydrogen) atoms. The summed E-state index contributed by atoms with van der Waals surface area (Å²) in [6.07, 6.45) is 5.21. The highest BCUT2D eigenvalue weighted by molar-refractivity contribution is 5.92. The number of aliphatic carboxylic acids is 1. The van der Waals surface area contributed by atoms with E-state index >= 15 is 0 Å². The van der Waals surface area contributed by atoms with Crippen molar-refractivity contribution in [3.63, 3.8) is 0 Å². The summed E-state index contributed by atoms with van der Waals surface area (Å²) < 4.78 is 6.95. The van der Waals surface area contributed by atoms with E-state index in [1.807, 2.05) is 13.1 Å². The summed E-state index contributed by atoms with van der Waals surface area (Å²) in [7, 11) is 0. The Morgan fingerprint density at radius 2 is 2.12 bits per heavy atom. The standard InChI is InChI=1S/C16H20N4O4/c1-11-8-17-20(9-11)10-13-7-14(18-24-13)16(23)19-4-2-12(3-5-19)6-15(21)22/h7-9,12H,2-6,10H2,1H3,(H,21,22). The fraction of sp³-hybridized carbons (Fsp3) is 0.500. The molecule has 0 atom stereocenters. The Morgan fingerprint density at radius 3 is 2.75 bits per heavy atom. The summed E-state index contributed by atoms with van der Waals surface area (Å²) in [6.45, 7) is 3.48. The third-order valence-corrected chi connectivity index (χ3v) is 4.22. The van der Waals surface area contributed by atoms with Crippen molar-refractivity contribution >= 4 is 11.9 Å². The van der Waals surface area contributed by atoms with Crippen molar-refractivity contribution in [1.82, 2.24) is 19.8 Å². The van der Waals surface area contributed by atoms with E-state index < -0.39 is 5.97 Å². The second kappa shape index (κ2) is 6.86. The molecule has 3 rings (SSSR count). The van der Waals surface area contributed by atoms with E-state index in [4.69, 9.17) is 9.63 Å². The molecule has 2 aromatic heterocycles. The van der Waals surface area contributed by atoms with Gasteiger partial charge in [0.25, 0.3) is 5.91 Å². The lowest BCUT2D eigenvalue weighted by atomic mass is 9.93. The van der Waals surface area contributed by atoms with E-state index in [0.29, 0.717) is 38.2 Å². The van der Waals surface area contributed by atoms with Crippen LogP contribution in [0.5, 0.6) is 0 Å². The van der Waals surface area contributed by atoms with Crippen LogP contribution in [-0.4, -0.2) is 49.9 Å². The highest BCUT2D eigenvalue weighted by Crippen LogP contribution is 2.22. The van der Waals surface area contributed by atoms with Gasteiger partial charge in [-0.2, -0.15) is 5.10 Å². The summed E-state index contributed by atoms with van der Waals surface area (Å²) in [6, 6.07) is 1.64. The number of aromatic nitrogens is 3. The Morgan fingerprint density at radius 1 is 1.38 bits per heavy atom. The number of rotatable bonds is 5. The third-order valence-electron chi connectivity index (χ3n) is 4.22. The molecule has 1 saturated heterocycles. The quantitative estimate of drug-likeness (QED) is 0.891. The SMILES string of the molecule is Cc1cnn(Cc2cc(C(=O)N3CCC(CC(=O)O)CC3)no2)c1. The van der Waals surface area contributed by atoms with Gasteiger partial charge in [-0.1, -0.05) is 5.16 Å². The molecule has 0 aliphatic carbocycles. The number of likely N-dealkylation sites (tertiary alicyclic amines) is 1. The van der Waals surface area contributed by atoms with Crippen LogP contribution in [0.2, 0.25) is 0 Å². The maximum atomic E-state index is 12.5. The highest BCUT2D eigenvalue weighted by atomic mass is 16.5. The zero-order chi connectivity index (χ0) is 17.1. The molecule has 1 aliphatic heterocycles. The Hall–Kier alpha value is -2.64. The smallest absolute Gasteiger partial charge is 0.303 e. The van der Waals surface area contributed by atoms with E-state index in [1.54, 1.807) is 21.8 Å². The highest BCUT2D eigenvalue weighted by Gasteiger charge is 2.26. The van der Waals surface area contributed by atoms with Crippen molar-refractivity contribution in [2.45, 2.75) is 32.7 Å². The predicted octanol–water partition coefficient (Wildman–Crippen LogP) is 1.55. The number of carbonyl (C=O) groups excluding carboxylic acids is 1. The van der Waals surface area contributed by atoms with Gasteiger partial charge in [0, 0.05) is 31.8 Å². The van der Waals surface area contributed by atoms with Crippen LogP contribution < -0.4 is 0 Å². The second-order valence-corrected chi connectivity index (χ2v) is 6.23. The van der Waals surface area contributed by atoms with Crippen molar-refractivity contribution < 1.29 is 19.2 Å². The van der Waals surface area contributed by atoms with Gasteiger partial charge in [0.05, 0.1) is 6.20 Å². The lowest BCUT2D eigenvalue weighted by Gasteiger charge is -2.30. The van der Waals surface area contributed by atoms with Crippen LogP contribution in [0.3, 0.4) is 0 Å². The maximum absolute atomic E-state index is 12.5. The number of nitrogens with zero attached hydrogens (tertiary/aromatic N) is 4. The maximum Gasteiger partial charge on any atom is 0.303 e. The van der Waals surface area contributed by atoms with Crippen LogP contribution in [-0.2, 0) is 11.3 Å². The lowest BCUT2D eigenvalue weighted by molar-refractivity contribution is -0.138. The number of aryl methyl sites for hydroxylation is 1. The van der Waals surface area contributed by atoms with Crippen LogP contribution in [0, 0.1) is 12.8 Å². The van der Waals surface area contributed by atoms with Gasteiger partial charge in [-0.25, -0.2) is 0 Å². The number of piperidine rings is 1. The molecule has 8 nitrogen and oxygen atoms in total. The number of carboxylic acid groups (broad SMARTS) is 1. The molecule has 1 fully saturated rings. The van der Waals surface area contributed by atoms with Crippen LogP contribution in [0.1, 0.15) is 41.1 Å². The Kier molecular flexibility index (Phi) is 4.64. The van der Waals surface area contributed by atoms with Crippen molar-refractivity contribution in [3.8, 4) is 0 Å². The van der Waals surface area contributed by atoms with Crippen molar-refractivity contribution in [1.29, 1.82) is 0 Å². The Labute approximate surface area is 139 Å². The third kappa shape index (κ3) is 3.81. The van der Waals surface area contributed by atoms with Crippen LogP contribution in [0.15, 0.2) is 23.0 Å². The molecule has 0 bridgehead atoms. The van der Waals surface area contributed by atoms with Gasteiger partial charge < -0.3 is 14.5 Å². The van der Waals surface area contributed by atoms with Crippen LogP contribution in [0.25, 0.3) is 0 Å². The van der Waals surface area contributed by atoms with Crippen LogP contribution in [0.4, 0.5) is 0 Å². The molecule has 0 spiro atoms. The molecule has 1 N–H and O–H groups in total. The average Bonchev–Trinajstić information content (AvgIpc) is 3.16. The molecule has 0 saturated carbocycles. The van der Waals surface area contributed by atoms with E-state index in [0.717, 1.165) is 5.56 Å². The summed E-state index contributed by atoms with van der Waals surface area (Å²) >= 11 is 0. The molecule has 0 aromatic carbocycles. The molecule has 128 valence electrons. The first-order valence-electron chi connectivity index (χ1n) is 7.97. The number of amides is 1. The molecular formula is C16H20N4O4. The molecule has 8 heteroatoms. The van der Waals surface area contributed by atoms with E-state index in [9.17, 15) is 9.59 Å². The minimum absolute atomic E-state index is 0.141. The summed E-state index contributed by atoms with van der Waals surface area (Å²) in [4.78, 5) is 24.9. The first-order valence-corrected chi connectivity index (χ1v) is 7.97. The first-order chi connectivity index (χ1) is 11.5. The van der Waals surface area contributed by atoms with Crippen molar-refractivity contribution in [2.24, 2.45) is 5.92 Å². The second-order valence-electron chi connectivity index (χ2n) is 6.23. The van der Waals surface area contributed by atoms with Gasteiger partial charge in [-0.15, -0.1) is 0 Å². The largest absolute Gasteiger partial charge is 0.481 e. The molecule has 3 heterocycles. The fourth-order valence-electron chi connectivity index (χ4n) is 2.95. The normalized spacial score (nSPS) is 15.6.